The molecular formula is C23H22BrClN2O3. The Labute approximate surface area is 189 Å². The highest BCUT2D eigenvalue weighted by molar-refractivity contribution is 9.10. The number of imide groups is 1. The van der Waals surface area contributed by atoms with Gasteiger partial charge in [0, 0.05) is 21.1 Å². The molecule has 1 N–H and O–H groups in total. The van der Waals surface area contributed by atoms with E-state index in [1.54, 1.807) is 6.08 Å². The molecule has 3 amide bonds. The molecule has 7 heteroatoms. The number of urea groups is 1. The van der Waals surface area contributed by atoms with Crippen molar-refractivity contribution in [3.05, 3.63) is 68.8 Å². The predicted octanol–water partition coefficient (Wildman–Crippen LogP) is 5.91. The van der Waals surface area contributed by atoms with Gasteiger partial charge in [0.2, 0.25) is 0 Å². The molecule has 0 unspecified atom stereocenters. The zero-order valence-electron chi connectivity index (χ0n) is 16.4. The minimum Gasteiger partial charge on any atom is -0.488 e. The third-order valence-corrected chi connectivity index (χ3v) is 6.17. The molecule has 2 aliphatic rings. The van der Waals surface area contributed by atoms with E-state index in [9.17, 15) is 9.59 Å². The second kappa shape index (κ2) is 9.23. The number of rotatable bonds is 5. The van der Waals surface area contributed by atoms with E-state index in [4.69, 9.17) is 16.3 Å². The van der Waals surface area contributed by atoms with E-state index in [0.29, 0.717) is 22.9 Å². The van der Waals surface area contributed by atoms with Crippen molar-refractivity contribution in [2.24, 2.45) is 0 Å². The summed E-state index contributed by atoms with van der Waals surface area (Å²) in [5.74, 6) is 0.356. The second-order valence-corrected chi connectivity index (χ2v) is 8.90. The molecule has 4 rings (SSSR count). The molecule has 156 valence electrons. The lowest BCUT2D eigenvalue weighted by Crippen LogP contribution is -2.41. The number of amides is 3. The van der Waals surface area contributed by atoms with Crippen molar-refractivity contribution in [3.63, 3.8) is 0 Å². The van der Waals surface area contributed by atoms with Gasteiger partial charge in [-0.1, -0.05) is 58.9 Å². The van der Waals surface area contributed by atoms with Crippen LogP contribution in [0, 0.1) is 0 Å². The number of ether oxygens (including phenoxy) is 1. The maximum absolute atomic E-state index is 12.9. The molecular weight excluding hydrogens is 468 g/mol. The summed E-state index contributed by atoms with van der Waals surface area (Å²) in [6.45, 7) is 0.365. The zero-order valence-corrected chi connectivity index (χ0v) is 18.7. The van der Waals surface area contributed by atoms with Gasteiger partial charge in [0.25, 0.3) is 5.91 Å². The van der Waals surface area contributed by atoms with Gasteiger partial charge >= 0.3 is 6.03 Å². The molecule has 1 aliphatic heterocycles. The van der Waals surface area contributed by atoms with Crippen LogP contribution in [0.2, 0.25) is 5.02 Å². The van der Waals surface area contributed by atoms with Crippen LogP contribution in [0.5, 0.6) is 5.75 Å². The van der Waals surface area contributed by atoms with Gasteiger partial charge < -0.3 is 10.1 Å². The van der Waals surface area contributed by atoms with Gasteiger partial charge in [0.05, 0.1) is 0 Å². The molecule has 30 heavy (non-hydrogen) atoms. The normalized spacial score (nSPS) is 18.7. The molecule has 5 nitrogen and oxygen atoms in total. The van der Waals surface area contributed by atoms with E-state index in [0.717, 1.165) is 42.1 Å². The summed E-state index contributed by atoms with van der Waals surface area (Å²) in [4.78, 5) is 26.8. The van der Waals surface area contributed by atoms with Gasteiger partial charge in [-0.15, -0.1) is 0 Å². The second-order valence-electron chi connectivity index (χ2n) is 7.55. The maximum Gasteiger partial charge on any atom is 0.329 e. The van der Waals surface area contributed by atoms with Gasteiger partial charge in [0.15, 0.2) is 0 Å². The van der Waals surface area contributed by atoms with Crippen LogP contribution in [0.15, 0.2) is 52.6 Å². The van der Waals surface area contributed by atoms with Crippen molar-refractivity contribution in [3.8, 4) is 5.75 Å². The lowest BCUT2D eigenvalue weighted by molar-refractivity contribution is -0.124. The highest BCUT2D eigenvalue weighted by Gasteiger charge is 2.39. The average molecular weight is 490 g/mol. The fourth-order valence-corrected chi connectivity index (χ4v) is 4.39. The van der Waals surface area contributed by atoms with Crippen LogP contribution in [0.4, 0.5) is 4.79 Å². The summed E-state index contributed by atoms with van der Waals surface area (Å²) in [5, 5.41) is 3.41. The molecule has 2 aromatic rings. The molecule has 0 bridgehead atoms. The van der Waals surface area contributed by atoms with E-state index >= 15 is 0 Å². The smallest absolute Gasteiger partial charge is 0.329 e. The first-order valence-electron chi connectivity index (χ1n) is 10.0. The van der Waals surface area contributed by atoms with Crippen LogP contribution in [0.3, 0.4) is 0 Å². The largest absolute Gasteiger partial charge is 0.488 e. The molecule has 0 atom stereocenters. The van der Waals surface area contributed by atoms with E-state index in [-0.39, 0.29) is 23.7 Å². The highest BCUT2D eigenvalue weighted by Crippen LogP contribution is 2.30. The lowest BCUT2D eigenvalue weighted by atomic mass is 9.94. The van der Waals surface area contributed by atoms with Gasteiger partial charge in [0.1, 0.15) is 18.1 Å². The number of hydrogen-bond acceptors (Lipinski definition) is 3. The number of carbonyl (C=O) groups is 2. The van der Waals surface area contributed by atoms with Crippen molar-refractivity contribution < 1.29 is 14.3 Å². The first kappa shape index (κ1) is 20.9. The fraction of sp³-hybridized carbons (Fsp3) is 0.304. The van der Waals surface area contributed by atoms with Crippen LogP contribution in [-0.4, -0.2) is 22.9 Å². The van der Waals surface area contributed by atoms with E-state index < -0.39 is 0 Å². The summed E-state index contributed by atoms with van der Waals surface area (Å²) in [5.41, 5.74) is 1.97. The third-order valence-electron chi connectivity index (χ3n) is 5.43. The zero-order chi connectivity index (χ0) is 21.1. The minimum absolute atomic E-state index is 0.0136. The molecule has 0 spiro atoms. The summed E-state index contributed by atoms with van der Waals surface area (Å²) < 4.78 is 6.84. The molecule has 1 saturated heterocycles. The summed E-state index contributed by atoms with van der Waals surface area (Å²) in [7, 11) is 0. The number of hydrogen-bond donors (Lipinski definition) is 1. The third kappa shape index (κ3) is 4.71. The van der Waals surface area contributed by atoms with Gasteiger partial charge in [-0.2, -0.15) is 0 Å². The van der Waals surface area contributed by atoms with Crippen molar-refractivity contribution in [1.82, 2.24) is 10.2 Å². The number of nitrogens with zero attached hydrogens (tertiary/aromatic N) is 1. The number of benzene rings is 2. The van der Waals surface area contributed by atoms with Crippen molar-refractivity contribution >= 4 is 45.5 Å². The Morgan fingerprint density at radius 2 is 1.83 bits per heavy atom. The minimum atomic E-state index is -0.336. The molecule has 0 radical (unpaired) electrons. The van der Waals surface area contributed by atoms with Crippen LogP contribution in [0.25, 0.3) is 6.08 Å². The van der Waals surface area contributed by atoms with Crippen LogP contribution < -0.4 is 10.1 Å². The molecule has 1 heterocycles. The Kier molecular flexibility index (Phi) is 6.44. The quantitative estimate of drug-likeness (QED) is 0.420. The number of halogens is 2. The monoisotopic (exact) mass is 488 g/mol. The standard InChI is InChI=1S/C23H22BrClN2O3/c24-17-8-11-21(30-14-15-6-9-18(25)10-7-15)16(12-17)13-20-22(28)27(23(29)26-20)19-4-2-1-3-5-19/h6-13,19H,1-5,14H2,(H,26,29)/b20-13-. The van der Waals surface area contributed by atoms with Crippen molar-refractivity contribution in [2.45, 2.75) is 44.8 Å². The molecule has 2 aromatic carbocycles. The van der Waals surface area contributed by atoms with Crippen molar-refractivity contribution in [1.29, 1.82) is 0 Å². The molecule has 2 fully saturated rings. The average Bonchev–Trinajstić information content (AvgIpc) is 3.02. The van der Waals surface area contributed by atoms with Crippen molar-refractivity contribution in [2.75, 3.05) is 0 Å². The maximum atomic E-state index is 12.9. The Hall–Kier alpha value is -2.31. The molecule has 0 aromatic heterocycles. The van der Waals surface area contributed by atoms with E-state index in [1.165, 1.54) is 4.90 Å². The molecule has 1 saturated carbocycles. The Morgan fingerprint density at radius 3 is 2.57 bits per heavy atom. The number of nitrogens with one attached hydrogen (secondary N) is 1. The number of carbonyl (C=O) groups excluding carboxylic acids is 2. The lowest BCUT2D eigenvalue weighted by Gasteiger charge is -2.28. The van der Waals surface area contributed by atoms with Gasteiger partial charge in [-0.3, -0.25) is 9.69 Å². The van der Waals surface area contributed by atoms with Gasteiger partial charge in [-0.05, 0) is 54.8 Å². The first-order chi connectivity index (χ1) is 14.5. The Morgan fingerprint density at radius 1 is 1.10 bits per heavy atom. The first-order valence-corrected chi connectivity index (χ1v) is 11.2. The Balaban J connectivity index is 1.55. The van der Waals surface area contributed by atoms with Gasteiger partial charge in [-0.25, -0.2) is 4.79 Å². The van der Waals surface area contributed by atoms with E-state index in [1.807, 2.05) is 42.5 Å². The van der Waals surface area contributed by atoms with Crippen LogP contribution in [0.1, 0.15) is 43.2 Å². The summed E-state index contributed by atoms with van der Waals surface area (Å²) in [6.07, 6.45) is 6.70. The van der Waals surface area contributed by atoms with Crippen LogP contribution >= 0.6 is 27.5 Å². The fourth-order valence-electron chi connectivity index (χ4n) is 3.88. The predicted molar refractivity (Wildman–Crippen MR) is 120 cm³/mol. The summed E-state index contributed by atoms with van der Waals surface area (Å²) in [6, 6.07) is 12.7. The highest BCUT2D eigenvalue weighted by atomic mass is 79.9. The van der Waals surface area contributed by atoms with E-state index in [2.05, 4.69) is 21.2 Å². The topological polar surface area (TPSA) is 58.6 Å². The van der Waals surface area contributed by atoms with Crippen LogP contribution in [-0.2, 0) is 11.4 Å². The molecule has 1 aliphatic carbocycles. The SMILES string of the molecule is O=C1N/C(=C\c2cc(Br)ccc2OCc2ccc(Cl)cc2)C(=O)N1C1CCCCC1. The summed E-state index contributed by atoms with van der Waals surface area (Å²) >= 11 is 9.40. The Bertz CT molecular complexity index is 984.